The Morgan fingerprint density at radius 1 is 1.47 bits per heavy atom. The minimum Gasteiger partial charge on any atom is -0.379 e. The van der Waals surface area contributed by atoms with Crippen LogP contribution < -0.4 is 5.32 Å². The molecule has 94 valence electrons. The summed E-state index contributed by atoms with van der Waals surface area (Å²) in [4.78, 5) is 14.8. The lowest BCUT2D eigenvalue weighted by molar-refractivity contribution is 0.0383. The minimum absolute atomic E-state index is 0.00830. The van der Waals surface area contributed by atoms with Crippen LogP contribution in [0.4, 0.5) is 0 Å². The Labute approximate surface area is 113 Å². The number of carbonyl (C=O) groups is 1. The summed E-state index contributed by atoms with van der Waals surface area (Å²) in [5, 5.41) is 2.93. The van der Waals surface area contributed by atoms with Gasteiger partial charge in [-0.05, 0) is 28.1 Å². The number of hydrogen-bond donors (Lipinski definition) is 1. The Hall–Kier alpha value is -0.430. The lowest BCUT2D eigenvalue weighted by Gasteiger charge is -2.26. The summed E-state index contributed by atoms with van der Waals surface area (Å²) in [6.07, 6.45) is 0. The van der Waals surface area contributed by atoms with E-state index in [4.69, 9.17) is 4.74 Å². The van der Waals surface area contributed by atoms with E-state index in [1.165, 1.54) is 11.3 Å². The fourth-order valence-corrected chi connectivity index (χ4v) is 2.98. The number of thiophene rings is 1. The quantitative estimate of drug-likeness (QED) is 0.916. The molecule has 1 N–H and O–H groups in total. The van der Waals surface area contributed by atoms with E-state index in [0.717, 1.165) is 41.5 Å². The zero-order chi connectivity index (χ0) is 12.1. The van der Waals surface area contributed by atoms with Gasteiger partial charge in [-0.3, -0.25) is 9.69 Å². The first-order chi connectivity index (χ1) is 8.25. The number of morpholine rings is 1. The number of nitrogens with one attached hydrogen (secondary N) is 1. The highest BCUT2D eigenvalue weighted by Gasteiger charge is 2.11. The number of rotatable bonds is 4. The van der Waals surface area contributed by atoms with Gasteiger partial charge in [0, 0.05) is 26.2 Å². The van der Waals surface area contributed by atoms with Gasteiger partial charge in [0.25, 0.3) is 5.91 Å². The van der Waals surface area contributed by atoms with Gasteiger partial charge in [0.2, 0.25) is 0 Å². The van der Waals surface area contributed by atoms with Crippen LogP contribution >= 0.6 is 27.3 Å². The molecule has 1 aromatic rings. The smallest absolute Gasteiger partial charge is 0.261 e. The first kappa shape index (κ1) is 13.0. The molecule has 2 rings (SSSR count). The molecule has 0 saturated carbocycles. The van der Waals surface area contributed by atoms with E-state index < -0.39 is 0 Å². The number of ether oxygens (including phenoxy) is 1. The molecule has 0 bridgehead atoms. The highest BCUT2D eigenvalue weighted by molar-refractivity contribution is 9.11. The van der Waals surface area contributed by atoms with Crippen molar-refractivity contribution >= 4 is 33.2 Å². The summed E-state index contributed by atoms with van der Waals surface area (Å²) in [5.41, 5.74) is 0. The SMILES string of the molecule is O=C(NCCN1CCOCC1)c1ccc(Br)s1. The van der Waals surface area contributed by atoms with Gasteiger partial charge in [-0.25, -0.2) is 0 Å². The van der Waals surface area contributed by atoms with Crippen LogP contribution in [0.2, 0.25) is 0 Å². The van der Waals surface area contributed by atoms with Gasteiger partial charge in [0.1, 0.15) is 0 Å². The van der Waals surface area contributed by atoms with Crippen LogP contribution in [0.3, 0.4) is 0 Å². The second-order valence-electron chi connectivity index (χ2n) is 3.81. The molecule has 0 aromatic carbocycles. The lowest BCUT2D eigenvalue weighted by atomic mass is 10.4. The first-order valence-electron chi connectivity index (χ1n) is 5.59. The third-order valence-corrected chi connectivity index (χ3v) is 4.24. The van der Waals surface area contributed by atoms with Gasteiger partial charge in [-0.1, -0.05) is 0 Å². The third-order valence-electron chi connectivity index (χ3n) is 2.61. The normalized spacial score (nSPS) is 17.0. The fourth-order valence-electron chi connectivity index (χ4n) is 1.68. The highest BCUT2D eigenvalue weighted by atomic mass is 79.9. The van der Waals surface area contributed by atoms with Crippen LogP contribution in [-0.2, 0) is 4.74 Å². The molecule has 1 aliphatic heterocycles. The maximum Gasteiger partial charge on any atom is 0.261 e. The second-order valence-corrected chi connectivity index (χ2v) is 6.28. The van der Waals surface area contributed by atoms with Crippen LogP contribution in [-0.4, -0.2) is 50.2 Å². The van der Waals surface area contributed by atoms with Gasteiger partial charge in [0.05, 0.1) is 21.9 Å². The van der Waals surface area contributed by atoms with Crippen molar-refractivity contribution in [2.75, 3.05) is 39.4 Å². The van der Waals surface area contributed by atoms with Crippen molar-refractivity contribution in [1.82, 2.24) is 10.2 Å². The van der Waals surface area contributed by atoms with Crippen LogP contribution in [0.5, 0.6) is 0 Å². The largest absolute Gasteiger partial charge is 0.379 e. The van der Waals surface area contributed by atoms with E-state index >= 15 is 0 Å². The van der Waals surface area contributed by atoms with E-state index in [2.05, 4.69) is 26.1 Å². The van der Waals surface area contributed by atoms with Crippen molar-refractivity contribution in [3.8, 4) is 0 Å². The second kappa shape index (κ2) is 6.49. The Balaban J connectivity index is 1.69. The van der Waals surface area contributed by atoms with Crippen LogP contribution in [0.25, 0.3) is 0 Å². The van der Waals surface area contributed by atoms with Crippen molar-refractivity contribution in [1.29, 1.82) is 0 Å². The molecule has 0 atom stereocenters. The molecule has 1 aromatic heterocycles. The maximum atomic E-state index is 11.7. The van der Waals surface area contributed by atoms with Crippen LogP contribution in [0.1, 0.15) is 9.67 Å². The number of hydrogen-bond acceptors (Lipinski definition) is 4. The molecule has 17 heavy (non-hydrogen) atoms. The van der Waals surface area contributed by atoms with Gasteiger partial charge in [0.15, 0.2) is 0 Å². The van der Waals surface area contributed by atoms with Gasteiger partial charge in [-0.15, -0.1) is 11.3 Å². The Bertz CT molecular complexity index is 377. The highest BCUT2D eigenvalue weighted by Crippen LogP contribution is 2.21. The maximum absolute atomic E-state index is 11.7. The summed E-state index contributed by atoms with van der Waals surface area (Å²) in [6, 6.07) is 3.72. The Kier molecular flexibility index (Phi) is 4.97. The molecule has 0 aliphatic carbocycles. The molecule has 1 amide bonds. The Morgan fingerprint density at radius 2 is 2.24 bits per heavy atom. The zero-order valence-corrected chi connectivity index (χ0v) is 11.8. The van der Waals surface area contributed by atoms with E-state index in [9.17, 15) is 4.79 Å². The summed E-state index contributed by atoms with van der Waals surface area (Å²) < 4.78 is 6.25. The molecule has 2 heterocycles. The molecule has 4 nitrogen and oxygen atoms in total. The average molecular weight is 319 g/mol. The summed E-state index contributed by atoms with van der Waals surface area (Å²) >= 11 is 4.80. The monoisotopic (exact) mass is 318 g/mol. The van der Waals surface area contributed by atoms with Gasteiger partial charge < -0.3 is 10.1 Å². The number of halogens is 1. The van der Waals surface area contributed by atoms with Crippen molar-refractivity contribution in [3.05, 3.63) is 20.8 Å². The predicted octanol–water partition coefficient (Wildman–Crippen LogP) is 1.57. The molecule has 6 heteroatoms. The fraction of sp³-hybridized carbons (Fsp3) is 0.545. The van der Waals surface area contributed by atoms with Gasteiger partial charge in [-0.2, -0.15) is 0 Å². The van der Waals surface area contributed by atoms with Crippen molar-refractivity contribution in [2.45, 2.75) is 0 Å². The molecule has 1 saturated heterocycles. The van der Waals surface area contributed by atoms with Crippen molar-refractivity contribution in [3.63, 3.8) is 0 Å². The number of carbonyl (C=O) groups excluding carboxylic acids is 1. The number of amides is 1. The van der Waals surface area contributed by atoms with Gasteiger partial charge >= 0.3 is 0 Å². The molecule has 1 fully saturated rings. The third kappa shape index (κ3) is 4.06. The van der Waals surface area contributed by atoms with E-state index in [1.54, 1.807) is 0 Å². The van der Waals surface area contributed by atoms with E-state index in [0.29, 0.717) is 6.54 Å². The summed E-state index contributed by atoms with van der Waals surface area (Å²) in [5.74, 6) is 0.00830. The van der Waals surface area contributed by atoms with E-state index in [-0.39, 0.29) is 5.91 Å². The summed E-state index contributed by atoms with van der Waals surface area (Å²) in [7, 11) is 0. The minimum atomic E-state index is 0.00830. The molecular formula is C11H15BrN2O2S. The number of nitrogens with zero attached hydrogens (tertiary/aromatic N) is 1. The zero-order valence-electron chi connectivity index (χ0n) is 9.45. The lowest BCUT2D eigenvalue weighted by Crippen LogP contribution is -2.41. The van der Waals surface area contributed by atoms with Crippen LogP contribution in [0, 0.1) is 0 Å². The first-order valence-corrected chi connectivity index (χ1v) is 7.20. The van der Waals surface area contributed by atoms with E-state index in [1.807, 2.05) is 12.1 Å². The predicted molar refractivity (Wildman–Crippen MR) is 71.6 cm³/mol. The van der Waals surface area contributed by atoms with Crippen molar-refractivity contribution in [2.24, 2.45) is 0 Å². The topological polar surface area (TPSA) is 41.6 Å². The van der Waals surface area contributed by atoms with Crippen LogP contribution in [0.15, 0.2) is 15.9 Å². The molecule has 1 aliphatic rings. The molecule has 0 spiro atoms. The molecule has 0 radical (unpaired) electrons. The average Bonchev–Trinajstić information content (AvgIpc) is 2.77. The summed E-state index contributed by atoms with van der Waals surface area (Å²) in [6.45, 7) is 5.09. The Morgan fingerprint density at radius 3 is 2.88 bits per heavy atom. The van der Waals surface area contributed by atoms with Crippen molar-refractivity contribution < 1.29 is 9.53 Å². The molecule has 0 unspecified atom stereocenters. The molecular weight excluding hydrogens is 304 g/mol. The standard InChI is InChI=1S/C11H15BrN2O2S/c12-10-2-1-9(17-10)11(15)13-3-4-14-5-7-16-8-6-14/h1-2H,3-8H2,(H,13,15).